The molecule has 8 heteroatoms. The zero-order valence-electron chi connectivity index (χ0n) is 18.0. The summed E-state index contributed by atoms with van der Waals surface area (Å²) in [6, 6.07) is 13.0. The van der Waals surface area contributed by atoms with Crippen LogP contribution in [0.25, 0.3) is 11.0 Å². The number of benzene rings is 1. The van der Waals surface area contributed by atoms with E-state index in [4.69, 9.17) is 0 Å². The molecule has 1 amide bonds. The number of pyridine rings is 1. The smallest absolute Gasteiger partial charge is 0.324 e. The molecule has 1 N–H and O–H groups in total. The number of nitrogens with one attached hydrogen (secondary N) is 1. The molecule has 0 spiro atoms. The molecule has 4 rings (SSSR count). The summed E-state index contributed by atoms with van der Waals surface area (Å²) in [6.45, 7) is 4.00. The molecule has 4 aromatic rings. The second-order valence-electron chi connectivity index (χ2n) is 7.42. The third-order valence-electron chi connectivity index (χ3n) is 5.45. The molecule has 0 saturated heterocycles. The van der Waals surface area contributed by atoms with E-state index in [1.54, 1.807) is 12.1 Å². The van der Waals surface area contributed by atoms with E-state index in [0.717, 1.165) is 39.1 Å². The quantitative estimate of drug-likeness (QED) is 0.469. The van der Waals surface area contributed by atoms with Crippen LogP contribution in [0.4, 0.5) is 5.69 Å². The minimum atomic E-state index is -0.529. The molecule has 0 bridgehead atoms. The number of para-hydroxylation sites is 1. The van der Waals surface area contributed by atoms with Gasteiger partial charge in [-0.2, -0.15) is 0 Å². The number of carbonyl (C=O) groups excluding carboxylic acids is 1. The van der Waals surface area contributed by atoms with Crippen molar-refractivity contribution in [2.24, 2.45) is 0 Å². The number of amides is 1. The van der Waals surface area contributed by atoms with Crippen LogP contribution in [-0.2, 0) is 30.7 Å². The van der Waals surface area contributed by atoms with Crippen LogP contribution >= 0.6 is 11.3 Å². The van der Waals surface area contributed by atoms with Gasteiger partial charge in [-0.1, -0.05) is 38.1 Å². The second-order valence-corrected chi connectivity index (χ2v) is 8.45. The highest BCUT2D eigenvalue weighted by molar-refractivity contribution is 7.09. The summed E-state index contributed by atoms with van der Waals surface area (Å²) in [5.74, 6) is -0.325. The van der Waals surface area contributed by atoms with Gasteiger partial charge in [-0.05, 0) is 47.5 Å². The van der Waals surface area contributed by atoms with Gasteiger partial charge in [0.15, 0.2) is 5.52 Å². The maximum atomic E-state index is 13.3. The first-order chi connectivity index (χ1) is 15.5. The number of aromatic nitrogens is 3. The molecule has 1 aromatic carbocycles. The van der Waals surface area contributed by atoms with Crippen molar-refractivity contribution < 1.29 is 4.79 Å². The van der Waals surface area contributed by atoms with Crippen molar-refractivity contribution in [2.45, 2.75) is 39.8 Å². The highest BCUT2D eigenvalue weighted by Crippen LogP contribution is 2.22. The lowest BCUT2D eigenvalue weighted by atomic mass is 10.0. The van der Waals surface area contributed by atoms with Crippen molar-refractivity contribution >= 4 is 34.0 Å². The van der Waals surface area contributed by atoms with Crippen LogP contribution in [0.5, 0.6) is 0 Å². The largest absolute Gasteiger partial charge is 0.332 e. The van der Waals surface area contributed by atoms with Crippen LogP contribution in [0.15, 0.2) is 63.6 Å². The van der Waals surface area contributed by atoms with Crippen molar-refractivity contribution in [1.29, 1.82) is 0 Å². The molecule has 0 atom stereocenters. The molecule has 0 fully saturated rings. The average molecular weight is 449 g/mol. The van der Waals surface area contributed by atoms with E-state index in [2.05, 4.69) is 10.3 Å². The van der Waals surface area contributed by atoms with Gasteiger partial charge in [0.05, 0.1) is 12.1 Å². The standard InChI is InChI=1S/C24H24N4O3S/c1-3-16-8-5-9-17(4-2)21(16)26-20(29)15-27-19-11-6-12-25-22(19)23(30)28(24(27)31)14-18-10-7-13-32-18/h5-13H,3-4,14-15H2,1-2H3,(H,26,29). The van der Waals surface area contributed by atoms with Gasteiger partial charge in [0, 0.05) is 16.8 Å². The first-order valence-corrected chi connectivity index (χ1v) is 11.4. The van der Waals surface area contributed by atoms with Gasteiger partial charge in [-0.3, -0.25) is 18.7 Å². The minimum absolute atomic E-state index is 0.141. The second kappa shape index (κ2) is 9.32. The van der Waals surface area contributed by atoms with E-state index in [1.807, 2.05) is 49.6 Å². The summed E-state index contributed by atoms with van der Waals surface area (Å²) in [4.78, 5) is 44.4. The predicted molar refractivity (Wildman–Crippen MR) is 128 cm³/mol. The molecule has 7 nitrogen and oxygen atoms in total. The Morgan fingerprint density at radius 2 is 1.75 bits per heavy atom. The van der Waals surface area contributed by atoms with E-state index in [9.17, 15) is 14.4 Å². The van der Waals surface area contributed by atoms with Gasteiger partial charge >= 0.3 is 5.69 Å². The molecule has 0 aliphatic rings. The number of rotatable bonds is 7. The Morgan fingerprint density at radius 1 is 1.00 bits per heavy atom. The third kappa shape index (κ3) is 4.13. The van der Waals surface area contributed by atoms with Gasteiger partial charge in [0.25, 0.3) is 5.56 Å². The number of fused-ring (bicyclic) bond motifs is 1. The molecule has 164 valence electrons. The van der Waals surface area contributed by atoms with Crippen molar-refractivity contribution in [3.05, 3.63) is 90.9 Å². The monoisotopic (exact) mass is 448 g/mol. The lowest BCUT2D eigenvalue weighted by Gasteiger charge is -2.16. The van der Waals surface area contributed by atoms with Crippen molar-refractivity contribution in [1.82, 2.24) is 14.1 Å². The van der Waals surface area contributed by atoms with Gasteiger partial charge < -0.3 is 5.32 Å². The van der Waals surface area contributed by atoms with E-state index in [0.29, 0.717) is 5.52 Å². The number of hydrogen-bond acceptors (Lipinski definition) is 5. The summed E-state index contributed by atoms with van der Waals surface area (Å²) in [5.41, 5.74) is 2.40. The Balaban J connectivity index is 1.76. The molecule has 0 saturated carbocycles. The first kappa shape index (κ1) is 21.7. The van der Waals surface area contributed by atoms with E-state index < -0.39 is 11.2 Å². The zero-order chi connectivity index (χ0) is 22.7. The highest BCUT2D eigenvalue weighted by atomic mass is 32.1. The zero-order valence-corrected chi connectivity index (χ0v) is 18.8. The minimum Gasteiger partial charge on any atom is -0.324 e. The van der Waals surface area contributed by atoms with Crippen LogP contribution < -0.4 is 16.6 Å². The van der Waals surface area contributed by atoms with E-state index >= 15 is 0 Å². The normalized spacial score (nSPS) is 11.1. The third-order valence-corrected chi connectivity index (χ3v) is 6.31. The number of nitrogens with zero attached hydrogens (tertiary/aromatic N) is 3. The Bertz CT molecular complexity index is 1360. The fourth-order valence-electron chi connectivity index (χ4n) is 3.82. The Morgan fingerprint density at radius 3 is 2.41 bits per heavy atom. The summed E-state index contributed by atoms with van der Waals surface area (Å²) in [6.07, 6.45) is 3.07. The lowest BCUT2D eigenvalue weighted by molar-refractivity contribution is -0.116. The summed E-state index contributed by atoms with van der Waals surface area (Å²) < 4.78 is 2.47. The van der Waals surface area contributed by atoms with Crippen LogP contribution in [0, 0.1) is 0 Å². The molecule has 0 radical (unpaired) electrons. The Kier molecular flexibility index (Phi) is 6.32. The maximum Gasteiger partial charge on any atom is 0.332 e. The number of aryl methyl sites for hydroxylation is 2. The van der Waals surface area contributed by atoms with E-state index in [1.165, 1.54) is 22.1 Å². The molecule has 3 heterocycles. The van der Waals surface area contributed by atoms with E-state index in [-0.39, 0.29) is 24.5 Å². The highest BCUT2D eigenvalue weighted by Gasteiger charge is 2.18. The van der Waals surface area contributed by atoms with Crippen LogP contribution in [0.2, 0.25) is 0 Å². The average Bonchev–Trinajstić information content (AvgIpc) is 3.33. The lowest BCUT2D eigenvalue weighted by Crippen LogP contribution is -2.42. The molecule has 3 aromatic heterocycles. The Labute approximate surface area is 189 Å². The fraction of sp³-hybridized carbons (Fsp3) is 0.250. The summed E-state index contributed by atoms with van der Waals surface area (Å²) in [5, 5.41) is 4.89. The van der Waals surface area contributed by atoms with Gasteiger partial charge in [0.1, 0.15) is 6.54 Å². The SMILES string of the molecule is CCc1cccc(CC)c1NC(=O)Cn1c(=O)n(Cc2cccs2)c(=O)c2ncccc21. The molecule has 32 heavy (non-hydrogen) atoms. The van der Waals surface area contributed by atoms with Gasteiger partial charge in [0.2, 0.25) is 5.91 Å². The molecule has 0 aliphatic carbocycles. The summed E-state index contributed by atoms with van der Waals surface area (Å²) in [7, 11) is 0. The van der Waals surface area contributed by atoms with Crippen molar-refractivity contribution in [2.75, 3.05) is 5.32 Å². The first-order valence-electron chi connectivity index (χ1n) is 10.5. The molecular formula is C24H24N4O3S. The number of thiophene rings is 1. The summed E-state index contributed by atoms with van der Waals surface area (Å²) >= 11 is 1.46. The van der Waals surface area contributed by atoms with Crippen LogP contribution in [-0.4, -0.2) is 20.0 Å². The topological polar surface area (TPSA) is 86.0 Å². The molecule has 0 unspecified atom stereocenters. The van der Waals surface area contributed by atoms with Gasteiger partial charge in [-0.25, -0.2) is 9.78 Å². The van der Waals surface area contributed by atoms with Gasteiger partial charge in [-0.15, -0.1) is 11.3 Å². The van der Waals surface area contributed by atoms with Crippen LogP contribution in [0.3, 0.4) is 0 Å². The number of hydrogen-bond donors (Lipinski definition) is 1. The van der Waals surface area contributed by atoms with Crippen LogP contribution in [0.1, 0.15) is 29.9 Å². The number of carbonyl (C=O) groups is 1. The van der Waals surface area contributed by atoms with Crippen molar-refractivity contribution in [3.63, 3.8) is 0 Å². The predicted octanol–water partition coefficient (Wildman–Crippen LogP) is 3.43. The Hall–Kier alpha value is -3.52. The van der Waals surface area contributed by atoms with Crippen molar-refractivity contribution in [3.8, 4) is 0 Å². The maximum absolute atomic E-state index is 13.3. The number of anilines is 1. The molecular weight excluding hydrogens is 424 g/mol. The molecule has 0 aliphatic heterocycles. The fourth-order valence-corrected chi connectivity index (χ4v) is 4.51.